The molecule has 0 heterocycles. The molecule has 0 aromatic heterocycles. The minimum Gasteiger partial charge on any atom is -0.478 e. The molecule has 0 aliphatic heterocycles. The second-order valence-corrected chi connectivity index (χ2v) is 6.57. The van der Waals surface area contributed by atoms with E-state index in [-0.39, 0.29) is 11.5 Å². The van der Waals surface area contributed by atoms with E-state index in [1.807, 2.05) is 12.1 Å². The second kappa shape index (κ2) is 7.64. The van der Waals surface area contributed by atoms with Crippen molar-refractivity contribution in [1.29, 1.82) is 0 Å². The number of halogens is 1. The summed E-state index contributed by atoms with van der Waals surface area (Å²) < 4.78 is 5.81. The molecule has 0 saturated carbocycles. The molecule has 2 rings (SSSR count). The largest absolute Gasteiger partial charge is 0.478 e. The Morgan fingerprint density at radius 3 is 2.32 bits per heavy atom. The molecule has 6 heteroatoms. The van der Waals surface area contributed by atoms with Crippen molar-refractivity contribution < 1.29 is 19.4 Å². The Labute approximate surface area is 146 Å². The molecule has 114 valence electrons. The van der Waals surface area contributed by atoms with Gasteiger partial charge in [0.05, 0.1) is 17.7 Å². The lowest BCUT2D eigenvalue weighted by Gasteiger charge is -2.06. The van der Waals surface area contributed by atoms with Gasteiger partial charge in [0.25, 0.3) is 0 Å². The van der Waals surface area contributed by atoms with Gasteiger partial charge in [0.1, 0.15) is 0 Å². The Bertz CT molecular complexity index is 698. The highest BCUT2D eigenvalue weighted by Gasteiger charge is 2.09. The number of ether oxygens (including phenoxy) is 1. The van der Waals surface area contributed by atoms with Crippen LogP contribution in [0.2, 0.25) is 0 Å². The Balaban J connectivity index is 2.14. The monoisotopic (exact) mass is 428 g/mol. The standard InChI is InChI=1S/C16H13IO4S/c1-2-21-16(20)10-3-6-12(7-4-10)22-14-8-5-11(15(18)19)9-13(14)17/h3-9H,2H2,1H3,(H,18,19). The van der Waals surface area contributed by atoms with E-state index in [2.05, 4.69) is 22.6 Å². The zero-order valence-electron chi connectivity index (χ0n) is 11.7. The Hall–Kier alpha value is -1.54. The molecule has 22 heavy (non-hydrogen) atoms. The van der Waals surface area contributed by atoms with Crippen molar-refractivity contribution in [3.05, 3.63) is 57.2 Å². The summed E-state index contributed by atoms with van der Waals surface area (Å²) in [6, 6.07) is 12.1. The van der Waals surface area contributed by atoms with Crippen molar-refractivity contribution in [2.45, 2.75) is 16.7 Å². The molecule has 0 aliphatic carbocycles. The third-order valence-corrected chi connectivity index (χ3v) is 5.11. The molecule has 0 radical (unpaired) electrons. The van der Waals surface area contributed by atoms with Gasteiger partial charge < -0.3 is 9.84 Å². The van der Waals surface area contributed by atoms with Crippen molar-refractivity contribution in [1.82, 2.24) is 0 Å². The van der Waals surface area contributed by atoms with Crippen molar-refractivity contribution in [3.63, 3.8) is 0 Å². The Kier molecular flexibility index (Phi) is 5.84. The maximum atomic E-state index is 11.6. The molecular weight excluding hydrogens is 415 g/mol. The Morgan fingerprint density at radius 2 is 1.77 bits per heavy atom. The third kappa shape index (κ3) is 4.23. The number of carbonyl (C=O) groups is 2. The van der Waals surface area contributed by atoms with Crippen LogP contribution in [-0.2, 0) is 4.74 Å². The van der Waals surface area contributed by atoms with Crippen LogP contribution >= 0.6 is 34.4 Å². The maximum absolute atomic E-state index is 11.6. The highest BCUT2D eigenvalue weighted by atomic mass is 127. The summed E-state index contributed by atoms with van der Waals surface area (Å²) in [6.45, 7) is 2.12. The first-order chi connectivity index (χ1) is 10.5. The van der Waals surface area contributed by atoms with E-state index in [1.165, 1.54) is 11.8 Å². The minimum atomic E-state index is -0.937. The number of hydrogen-bond acceptors (Lipinski definition) is 4. The van der Waals surface area contributed by atoms with Gasteiger partial charge in [-0.2, -0.15) is 0 Å². The highest BCUT2D eigenvalue weighted by Crippen LogP contribution is 2.32. The molecule has 0 fully saturated rings. The fourth-order valence-electron chi connectivity index (χ4n) is 1.72. The fraction of sp³-hybridized carbons (Fsp3) is 0.125. The average Bonchev–Trinajstić information content (AvgIpc) is 2.50. The van der Waals surface area contributed by atoms with Crippen LogP contribution in [0.3, 0.4) is 0 Å². The SMILES string of the molecule is CCOC(=O)c1ccc(Sc2ccc(C(=O)O)cc2I)cc1. The summed E-state index contributed by atoms with van der Waals surface area (Å²) in [6.07, 6.45) is 0. The third-order valence-electron chi connectivity index (χ3n) is 2.77. The van der Waals surface area contributed by atoms with Gasteiger partial charge in [-0.15, -0.1) is 0 Å². The van der Waals surface area contributed by atoms with Gasteiger partial charge in [-0.3, -0.25) is 0 Å². The summed E-state index contributed by atoms with van der Waals surface area (Å²) in [4.78, 5) is 24.4. The first-order valence-electron chi connectivity index (χ1n) is 6.49. The molecule has 2 aromatic carbocycles. The smallest absolute Gasteiger partial charge is 0.338 e. The summed E-state index contributed by atoms with van der Waals surface area (Å²) >= 11 is 3.63. The number of carboxylic acids is 1. The van der Waals surface area contributed by atoms with E-state index < -0.39 is 5.97 Å². The zero-order chi connectivity index (χ0) is 16.1. The average molecular weight is 428 g/mol. The first-order valence-corrected chi connectivity index (χ1v) is 8.38. The number of aromatic carboxylic acids is 1. The van der Waals surface area contributed by atoms with Gasteiger partial charge in [0.2, 0.25) is 0 Å². The topological polar surface area (TPSA) is 63.6 Å². The van der Waals surface area contributed by atoms with Crippen LogP contribution in [0.4, 0.5) is 0 Å². The second-order valence-electron chi connectivity index (χ2n) is 4.30. The van der Waals surface area contributed by atoms with Crippen molar-refractivity contribution in [2.75, 3.05) is 6.61 Å². The summed E-state index contributed by atoms with van der Waals surface area (Å²) in [5.74, 6) is -1.27. The highest BCUT2D eigenvalue weighted by molar-refractivity contribution is 14.1. The van der Waals surface area contributed by atoms with Crippen LogP contribution < -0.4 is 0 Å². The molecule has 0 saturated heterocycles. The molecule has 0 amide bonds. The molecule has 2 aromatic rings. The summed E-state index contributed by atoms with van der Waals surface area (Å²) in [5.41, 5.74) is 0.786. The maximum Gasteiger partial charge on any atom is 0.338 e. The minimum absolute atomic E-state index is 0.270. The molecule has 4 nitrogen and oxygen atoms in total. The fourth-order valence-corrected chi connectivity index (χ4v) is 3.38. The van der Waals surface area contributed by atoms with Crippen LogP contribution in [-0.4, -0.2) is 23.7 Å². The van der Waals surface area contributed by atoms with Gasteiger partial charge in [0, 0.05) is 13.4 Å². The van der Waals surface area contributed by atoms with Gasteiger partial charge >= 0.3 is 11.9 Å². The molecular formula is C16H13IO4S. The lowest BCUT2D eigenvalue weighted by molar-refractivity contribution is 0.0525. The number of esters is 1. The number of rotatable bonds is 5. The number of carbonyl (C=O) groups excluding carboxylic acids is 1. The summed E-state index contributed by atoms with van der Waals surface area (Å²) in [7, 11) is 0. The van der Waals surface area contributed by atoms with Crippen LogP contribution in [0.25, 0.3) is 0 Å². The van der Waals surface area contributed by atoms with E-state index in [0.717, 1.165) is 13.4 Å². The van der Waals surface area contributed by atoms with E-state index >= 15 is 0 Å². The normalized spacial score (nSPS) is 10.3. The predicted octanol–water partition coefficient (Wildman–Crippen LogP) is 4.32. The van der Waals surface area contributed by atoms with Crippen LogP contribution in [0.15, 0.2) is 52.3 Å². The molecule has 0 atom stereocenters. The van der Waals surface area contributed by atoms with Crippen LogP contribution in [0.5, 0.6) is 0 Å². The van der Waals surface area contributed by atoms with E-state index in [1.54, 1.807) is 37.3 Å². The van der Waals surface area contributed by atoms with Crippen LogP contribution in [0.1, 0.15) is 27.6 Å². The van der Waals surface area contributed by atoms with Gasteiger partial charge in [-0.25, -0.2) is 9.59 Å². The van der Waals surface area contributed by atoms with Gasteiger partial charge in [-0.1, -0.05) is 11.8 Å². The van der Waals surface area contributed by atoms with Gasteiger partial charge in [0.15, 0.2) is 0 Å². The lowest BCUT2D eigenvalue weighted by Crippen LogP contribution is -2.03. The molecule has 0 unspecified atom stereocenters. The number of carboxylic acid groups (broad SMARTS) is 1. The quantitative estimate of drug-likeness (QED) is 0.568. The first kappa shape index (κ1) is 16.8. The van der Waals surface area contributed by atoms with Crippen molar-refractivity contribution >= 4 is 46.3 Å². The molecule has 0 aliphatic rings. The predicted molar refractivity (Wildman–Crippen MR) is 92.6 cm³/mol. The molecule has 1 N–H and O–H groups in total. The van der Waals surface area contributed by atoms with E-state index in [9.17, 15) is 9.59 Å². The van der Waals surface area contributed by atoms with Gasteiger partial charge in [-0.05, 0) is 72.0 Å². The lowest BCUT2D eigenvalue weighted by atomic mass is 10.2. The molecule has 0 bridgehead atoms. The van der Waals surface area contributed by atoms with Crippen molar-refractivity contribution in [2.24, 2.45) is 0 Å². The summed E-state index contributed by atoms with van der Waals surface area (Å²) in [5, 5.41) is 8.96. The van der Waals surface area contributed by atoms with Crippen LogP contribution in [0, 0.1) is 3.57 Å². The van der Waals surface area contributed by atoms with Crippen molar-refractivity contribution in [3.8, 4) is 0 Å². The van der Waals surface area contributed by atoms with E-state index in [0.29, 0.717) is 12.2 Å². The van der Waals surface area contributed by atoms with E-state index in [4.69, 9.17) is 9.84 Å². The number of benzene rings is 2. The zero-order valence-corrected chi connectivity index (χ0v) is 14.7. The number of hydrogen-bond donors (Lipinski definition) is 1. The Morgan fingerprint density at radius 1 is 1.14 bits per heavy atom. The molecule has 0 spiro atoms.